The summed E-state index contributed by atoms with van der Waals surface area (Å²) in [5.41, 5.74) is 0. The average molecular weight is 457 g/mol. The van der Waals surface area contributed by atoms with Crippen molar-refractivity contribution in [1.82, 2.24) is 0 Å². The molecule has 2 rings (SSSR count). The van der Waals surface area contributed by atoms with Crippen molar-refractivity contribution < 1.29 is 30.9 Å². The Morgan fingerprint density at radius 1 is 0.714 bits per heavy atom. The number of halogens is 1. The van der Waals surface area contributed by atoms with E-state index in [0.717, 1.165) is 37.6 Å². The van der Waals surface area contributed by atoms with Gasteiger partial charge in [0.1, 0.15) is 11.5 Å². The maximum absolute atomic E-state index is 5.92. The minimum atomic E-state index is 0. The summed E-state index contributed by atoms with van der Waals surface area (Å²) in [7, 11) is 0. The molecule has 0 spiro atoms. The summed E-state index contributed by atoms with van der Waals surface area (Å²) in [4.78, 5) is 0. The van der Waals surface area contributed by atoms with Gasteiger partial charge in [-0.05, 0) is 69.7 Å². The average Bonchev–Trinajstić information content (AvgIpc) is 2.72. The minimum absolute atomic E-state index is 0. The van der Waals surface area contributed by atoms with Gasteiger partial charge in [-0.3, -0.25) is 0 Å². The van der Waals surface area contributed by atoms with Gasteiger partial charge in [0.2, 0.25) is 0 Å². The van der Waals surface area contributed by atoms with Crippen LogP contribution in [0.3, 0.4) is 0 Å². The second kappa shape index (κ2) is 15.1. The van der Waals surface area contributed by atoms with Crippen LogP contribution < -0.4 is 26.5 Å². The zero-order valence-electron chi connectivity index (χ0n) is 18.3. The molecular weight excluding hydrogens is 414 g/mol. The third-order valence-corrected chi connectivity index (χ3v) is 6.07. The number of likely N-dealkylation sites (tertiary alicyclic amines) is 1. The van der Waals surface area contributed by atoms with Crippen molar-refractivity contribution in [3.05, 3.63) is 24.3 Å². The van der Waals surface area contributed by atoms with E-state index in [0.29, 0.717) is 0 Å². The standard InChI is InChI=1S/C24H42NO2.BrH/c1-3-5-6-7-12-21-26-23-14-16-24(17-15-23)27-22-13-11-20-25(4-2)18-9-8-10-19-25;/h14-17H,3-13,18-22H2,1-2H3;1H/q+1;/p-1. The lowest BCUT2D eigenvalue weighted by atomic mass is 10.1. The summed E-state index contributed by atoms with van der Waals surface area (Å²) in [6.07, 6.45) is 13.1. The maximum Gasteiger partial charge on any atom is 0.119 e. The number of piperidine rings is 1. The van der Waals surface area contributed by atoms with Crippen LogP contribution in [0.1, 0.15) is 78.1 Å². The summed E-state index contributed by atoms with van der Waals surface area (Å²) in [6, 6.07) is 8.15. The Balaban J connectivity index is 0.00000392. The Labute approximate surface area is 184 Å². The van der Waals surface area contributed by atoms with Gasteiger partial charge in [0.15, 0.2) is 0 Å². The van der Waals surface area contributed by atoms with Crippen molar-refractivity contribution in [3.63, 3.8) is 0 Å². The van der Waals surface area contributed by atoms with Crippen LogP contribution in [-0.2, 0) is 0 Å². The van der Waals surface area contributed by atoms with Gasteiger partial charge in [0.25, 0.3) is 0 Å². The molecule has 1 aromatic carbocycles. The van der Waals surface area contributed by atoms with Crippen LogP contribution in [0.25, 0.3) is 0 Å². The number of unbranched alkanes of at least 4 members (excludes halogenated alkanes) is 5. The summed E-state index contributed by atoms with van der Waals surface area (Å²) in [5, 5.41) is 0. The SMILES string of the molecule is CCCCCCCOc1ccc(OCCCC[N+]2(CC)CCCCC2)cc1.[Br-]. The van der Waals surface area contributed by atoms with Crippen LogP contribution in [0, 0.1) is 0 Å². The Morgan fingerprint density at radius 3 is 1.79 bits per heavy atom. The molecule has 0 radical (unpaired) electrons. The topological polar surface area (TPSA) is 18.5 Å². The third-order valence-electron chi connectivity index (χ3n) is 6.07. The normalized spacial score (nSPS) is 15.6. The fraction of sp³-hybridized carbons (Fsp3) is 0.750. The van der Waals surface area contributed by atoms with E-state index >= 15 is 0 Å². The molecule has 0 aromatic heterocycles. The lowest BCUT2D eigenvalue weighted by molar-refractivity contribution is -0.931. The summed E-state index contributed by atoms with van der Waals surface area (Å²) in [5.74, 6) is 1.92. The molecule has 1 fully saturated rings. The molecule has 0 aliphatic carbocycles. The van der Waals surface area contributed by atoms with Gasteiger partial charge in [0, 0.05) is 0 Å². The fourth-order valence-electron chi connectivity index (χ4n) is 4.15. The predicted molar refractivity (Wildman–Crippen MR) is 115 cm³/mol. The highest BCUT2D eigenvalue weighted by Crippen LogP contribution is 2.21. The van der Waals surface area contributed by atoms with E-state index < -0.39 is 0 Å². The molecule has 0 saturated carbocycles. The first kappa shape index (κ1) is 25.3. The van der Waals surface area contributed by atoms with Gasteiger partial charge >= 0.3 is 0 Å². The molecule has 1 aromatic rings. The summed E-state index contributed by atoms with van der Waals surface area (Å²) >= 11 is 0. The van der Waals surface area contributed by atoms with Crippen LogP contribution in [0.15, 0.2) is 24.3 Å². The third kappa shape index (κ3) is 9.65. The smallest absolute Gasteiger partial charge is 0.119 e. The molecule has 3 nitrogen and oxygen atoms in total. The van der Waals surface area contributed by atoms with Crippen LogP contribution in [-0.4, -0.2) is 43.9 Å². The van der Waals surface area contributed by atoms with Gasteiger partial charge in [0.05, 0.1) is 39.4 Å². The molecule has 28 heavy (non-hydrogen) atoms. The number of quaternary nitrogens is 1. The molecule has 1 heterocycles. The Morgan fingerprint density at radius 2 is 1.25 bits per heavy atom. The highest BCUT2D eigenvalue weighted by molar-refractivity contribution is 5.31. The van der Waals surface area contributed by atoms with Gasteiger partial charge in [-0.1, -0.05) is 32.6 Å². The molecule has 0 amide bonds. The maximum atomic E-state index is 5.92. The highest BCUT2D eigenvalue weighted by Gasteiger charge is 2.26. The quantitative estimate of drug-likeness (QED) is 0.316. The number of nitrogens with zero attached hydrogens (tertiary/aromatic N) is 1. The molecule has 0 unspecified atom stereocenters. The second-order valence-electron chi connectivity index (χ2n) is 8.18. The Kier molecular flexibility index (Phi) is 13.7. The first-order chi connectivity index (χ1) is 13.3. The van der Waals surface area contributed by atoms with Crippen molar-refractivity contribution in [3.8, 4) is 11.5 Å². The van der Waals surface area contributed by atoms with Gasteiger partial charge in [-0.2, -0.15) is 0 Å². The van der Waals surface area contributed by atoms with Crippen LogP contribution in [0.5, 0.6) is 11.5 Å². The van der Waals surface area contributed by atoms with Crippen molar-refractivity contribution in [2.45, 2.75) is 78.1 Å². The van der Waals surface area contributed by atoms with E-state index in [4.69, 9.17) is 9.47 Å². The van der Waals surface area contributed by atoms with Crippen LogP contribution >= 0.6 is 0 Å². The molecule has 1 aliphatic rings. The number of hydrogen-bond donors (Lipinski definition) is 0. The summed E-state index contributed by atoms with van der Waals surface area (Å²) in [6.45, 7) is 11.6. The van der Waals surface area contributed by atoms with Gasteiger partial charge < -0.3 is 30.9 Å². The number of rotatable bonds is 14. The van der Waals surface area contributed by atoms with Crippen molar-refractivity contribution in [2.75, 3.05) is 39.4 Å². The molecule has 1 aliphatic heterocycles. The lowest BCUT2D eigenvalue weighted by Gasteiger charge is -2.41. The molecule has 1 saturated heterocycles. The summed E-state index contributed by atoms with van der Waals surface area (Å²) < 4.78 is 13.1. The predicted octanol–water partition coefficient (Wildman–Crippen LogP) is 3.22. The molecule has 0 N–H and O–H groups in total. The molecule has 4 heteroatoms. The molecule has 162 valence electrons. The van der Waals surface area contributed by atoms with Crippen LogP contribution in [0.4, 0.5) is 0 Å². The van der Waals surface area contributed by atoms with Crippen LogP contribution in [0.2, 0.25) is 0 Å². The Hall–Kier alpha value is -0.740. The zero-order valence-corrected chi connectivity index (χ0v) is 19.9. The van der Waals surface area contributed by atoms with Crippen molar-refractivity contribution in [1.29, 1.82) is 0 Å². The van der Waals surface area contributed by atoms with E-state index in [1.807, 2.05) is 24.3 Å². The fourth-order valence-corrected chi connectivity index (χ4v) is 4.15. The van der Waals surface area contributed by atoms with Crippen molar-refractivity contribution in [2.24, 2.45) is 0 Å². The Bertz CT molecular complexity index is 486. The lowest BCUT2D eigenvalue weighted by Crippen LogP contribution is -3.00. The van der Waals surface area contributed by atoms with E-state index in [2.05, 4.69) is 13.8 Å². The van der Waals surface area contributed by atoms with E-state index in [1.54, 1.807) is 0 Å². The van der Waals surface area contributed by atoms with E-state index in [9.17, 15) is 0 Å². The first-order valence-electron chi connectivity index (χ1n) is 11.5. The van der Waals surface area contributed by atoms with Gasteiger partial charge in [-0.15, -0.1) is 0 Å². The first-order valence-corrected chi connectivity index (χ1v) is 11.5. The van der Waals surface area contributed by atoms with Gasteiger partial charge in [-0.25, -0.2) is 0 Å². The monoisotopic (exact) mass is 455 g/mol. The van der Waals surface area contributed by atoms with Crippen molar-refractivity contribution >= 4 is 0 Å². The van der Waals surface area contributed by atoms with E-state index in [1.165, 1.54) is 82.0 Å². The zero-order chi connectivity index (χ0) is 19.2. The molecular formula is C24H42BrNO2. The minimum Gasteiger partial charge on any atom is -1.00 e. The largest absolute Gasteiger partial charge is 1.00 e. The van der Waals surface area contributed by atoms with E-state index in [-0.39, 0.29) is 17.0 Å². The highest BCUT2D eigenvalue weighted by atomic mass is 79.9. The molecule has 0 bridgehead atoms. The molecule has 0 atom stereocenters. The number of hydrogen-bond acceptors (Lipinski definition) is 2. The second-order valence-corrected chi connectivity index (χ2v) is 8.18. The number of ether oxygens (including phenoxy) is 2. The number of benzene rings is 1.